The first kappa shape index (κ1) is 19.7. The minimum absolute atomic E-state index is 0.0345. The van der Waals surface area contributed by atoms with Gasteiger partial charge in [-0.3, -0.25) is 4.79 Å². The summed E-state index contributed by atoms with van der Waals surface area (Å²) >= 11 is 0. The summed E-state index contributed by atoms with van der Waals surface area (Å²) in [6, 6.07) is 0. The van der Waals surface area contributed by atoms with Gasteiger partial charge in [-0.1, -0.05) is 39.5 Å². The highest BCUT2D eigenvalue weighted by Gasteiger charge is 2.58. The minimum Gasteiger partial charge on any atom is -0.462 e. The molecule has 27 heavy (non-hydrogen) atoms. The Hall–Kier alpha value is -0.570. The summed E-state index contributed by atoms with van der Waals surface area (Å²) in [6.45, 7) is 7.81. The Kier molecular flexibility index (Phi) is 5.88. The highest BCUT2D eigenvalue weighted by atomic mass is 16.5. The largest absolute Gasteiger partial charge is 0.462 e. The predicted octanol–water partition coefficient (Wildman–Crippen LogP) is 5.76. The number of ether oxygens (including phenoxy) is 2. The molecule has 3 heteroatoms. The normalized spacial score (nSPS) is 41.6. The maximum atomic E-state index is 13.2. The fourth-order valence-electron chi connectivity index (χ4n) is 6.89. The number of hydrogen-bond acceptors (Lipinski definition) is 3. The van der Waals surface area contributed by atoms with E-state index in [2.05, 4.69) is 20.8 Å². The molecule has 0 saturated heterocycles. The molecule has 0 aromatic rings. The van der Waals surface area contributed by atoms with Crippen LogP contribution in [0.3, 0.4) is 0 Å². The van der Waals surface area contributed by atoms with E-state index in [0.29, 0.717) is 29.6 Å². The molecular weight excluding hydrogens is 336 g/mol. The van der Waals surface area contributed by atoms with Crippen molar-refractivity contribution in [3.8, 4) is 0 Å². The summed E-state index contributed by atoms with van der Waals surface area (Å²) in [6.07, 6.45) is 13.5. The molecule has 4 fully saturated rings. The lowest BCUT2D eigenvalue weighted by Gasteiger charge is -2.40. The zero-order chi connectivity index (χ0) is 19.0. The van der Waals surface area contributed by atoms with E-state index in [-0.39, 0.29) is 23.6 Å². The Morgan fingerprint density at radius 2 is 1.56 bits per heavy atom. The summed E-state index contributed by atoms with van der Waals surface area (Å²) in [5.41, 5.74) is 0.0345. The predicted molar refractivity (Wildman–Crippen MR) is 107 cm³/mol. The van der Waals surface area contributed by atoms with Crippen molar-refractivity contribution in [1.82, 2.24) is 0 Å². The van der Waals surface area contributed by atoms with Crippen LogP contribution in [0.4, 0.5) is 0 Å². The molecule has 0 aromatic heterocycles. The van der Waals surface area contributed by atoms with Crippen LogP contribution >= 0.6 is 0 Å². The van der Waals surface area contributed by atoms with Crippen LogP contribution in [0.15, 0.2) is 0 Å². The van der Waals surface area contributed by atoms with E-state index >= 15 is 0 Å². The molecule has 4 aliphatic rings. The van der Waals surface area contributed by atoms with Crippen LogP contribution in [0, 0.1) is 35.5 Å². The van der Waals surface area contributed by atoms with Gasteiger partial charge in [-0.25, -0.2) is 0 Å². The summed E-state index contributed by atoms with van der Waals surface area (Å²) in [5.74, 6) is 3.05. The lowest BCUT2D eigenvalue weighted by atomic mass is 9.69. The molecule has 0 N–H and O–H groups in total. The zero-order valence-corrected chi connectivity index (χ0v) is 17.8. The second-order valence-electron chi connectivity index (χ2n) is 10.5. The van der Waals surface area contributed by atoms with Crippen molar-refractivity contribution in [1.29, 1.82) is 0 Å². The number of esters is 1. The second-order valence-corrected chi connectivity index (χ2v) is 10.5. The van der Waals surface area contributed by atoms with Crippen LogP contribution in [0.1, 0.15) is 91.4 Å². The van der Waals surface area contributed by atoms with Gasteiger partial charge in [0.25, 0.3) is 0 Å². The van der Waals surface area contributed by atoms with E-state index in [1.54, 1.807) is 0 Å². The van der Waals surface area contributed by atoms with Gasteiger partial charge in [0.1, 0.15) is 6.10 Å². The number of carbonyl (C=O) groups excluding carboxylic acids is 1. The lowest BCUT2D eigenvalue weighted by molar-refractivity contribution is -0.165. The summed E-state index contributed by atoms with van der Waals surface area (Å²) in [7, 11) is 0. The van der Waals surface area contributed by atoms with Crippen molar-refractivity contribution in [2.75, 3.05) is 6.61 Å². The van der Waals surface area contributed by atoms with E-state index in [0.717, 1.165) is 19.4 Å². The molecule has 0 aliphatic heterocycles. The smallest absolute Gasteiger partial charge is 0.309 e. The molecule has 6 atom stereocenters. The monoisotopic (exact) mass is 376 g/mol. The third kappa shape index (κ3) is 3.95. The van der Waals surface area contributed by atoms with Gasteiger partial charge in [0.05, 0.1) is 18.1 Å². The van der Waals surface area contributed by atoms with Gasteiger partial charge in [-0.15, -0.1) is 0 Å². The first-order valence-corrected chi connectivity index (χ1v) is 11.8. The van der Waals surface area contributed by atoms with Crippen molar-refractivity contribution in [3.63, 3.8) is 0 Å². The molecule has 0 aromatic carbocycles. The fourth-order valence-corrected chi connectivity index (χ4v) is 6.89. The van der Waals surface area contributed by atoms with Crippen molar-refractivity contribution in [2.24, 2.45) is 35.5 Å². The van der Waals surface area contributed by atoms with Gasteiger partial charge in [-0.2, -0.15) is 0 Å². The summed E-state index contributed by atoms with van der Waals surface area (Å²) in [4.78, 5) is 13.2. The molecule has 154 valence electrons. The molecule has 2 bridgehead atoms. The Morgan fingerprint density at radius 1 is 0.926 bits per heavy atom. The maximum absolute atomic E-state index is 13.2. The van der Waals surface area contributed by atoms with E-state index < -0.39 is 0 Å². The molecule has 0 amide bonds. The molecule has 0 radical (unpaired) electrons. The molecule has 4 rings (SSSR count). The van der Waals surface area contributed by atoms with Crippen LogP contribution in [0.2, 0.25) is 0 Å². The number of hydrogen-bond donors (Lipinski definition) is 0. The Morgan fingerprint density at radius 3 is 2.26 bits per heavy atom. The average Bonchev–Trinajstić information content (AvgIpc) is 3.18. The SMILES string of the molecule is CC1C(C)C2CC1C(COC1(C)CCCCC1)C2C(=O)OC1CCCCC1. The van der Waals surface area contributed by atoms with E-state index in [9.17, 15) is 4.79 Å². The summed E-state index contributed by atoms with van der Waals surface area (Å²) in [5, 5.41) is 0. The topological polar surface area (TPSA) is 35.5 Å². The Balaban J connectivity index is 1.43. The molecule has 3 nitrogen and oxygen atoms in total. The fraction of sp³-hybridized carbons (Fsp3) is 0.958. The van der Waals surface area contributed by atoms with Crippen LogP contribution in [0.25, 0.3) is 0 Å². The number of carbonyl (C=O) groups is 1. The van der Waals surface area contributed by atoms with Gasteiger partial charge in [0.15, 0.2) is 0 Å². The van der Waals surface area contributed by atoms with Crippen molar-refractivity contribution in [2.45, 2.75) is 103 Å². The lowest BCUT2D eigenvalue weighted by Crippen LogP contribution is -2.43. The highest BCUT2D eigenvalue weighted by molar-refractivity contribution is 5.74. The van der Waals surface area contributed by atoms with Gasteiger partial charge in [-0.05, 0) is 81.5 Å². The van der Waals surface area contributed by atoms with Gasteiger partial charge >= 0.3 is 5.97 Å². The molecule has 4 saturated carbocycles. The maximum Gasteiger partial charge on any atom is 0.309 e. The Labute approximate surface area is 165 Å². The van der Waals surface area contributed by atoms with Crippen LogP contribution in [-0.4, -0.2) is 24.3 Å². The van der Waals surface area contributed by atoms with Crippen molar-refractivity contribution >= 4 is 5.97 Å². The number of fused-ring (bicyclic) bond motifs is 2. The third-order valence-corrected chi connectivity index (χ3v) is 8.84. The Bertz CT molecular complexity index is 518. The van der Waals surface area contributed by atoms with E-state index in [1.807, 2.05) is 0 Å². The zero-order valence-electron chi connectivity index (χ0n) is 17.8. The average molecular weight is 377 g/mol. The first-order valence-electron chi connectivity index (χ1n) is 11.8. The molecular formula is C24H40O3. The standard InChI is InChI=1S/C24H40O3/c1-16-17(2)20-14-19(16)21(15-26-24(3)12-8-5-9-13-24)22(20)23(25)27-18-10-6-4-7-11-18/h16-22H,4-15H2,1-3H3. The van der Waals surface area contributed by atoms with Crippen molar-refractivity contribution in [3.05, 3.63) is 0 Å². The van der Waals surface area contributed by atoms with E-state index in [1.165, 1.54) is 57.8 Å². The van der Waals surface area contributed by atoms with E-state index in [4.69, 9.17) is 9.47 Å². The molecule has 6 unspecified atom stereocenters. The minimum atomic E-state index is 0.0345. The molecule has 0 spiro atoms. The van der Waals surface area contributed by atoms with Gasteiger partial charge < -0.3 is 9.47 Å². The van der Waals surface area contributed by atoms with Crippen molar-refractivity contribution < 1.29 is 14.3 Å². The summed E-state index contributed by atoms with van der Waals surface area (Å²) < 4.78 is 12.6. The third-order valence-electron chi connectivity index (χ3n) is 8.84. The second kappa shape index (κ2) is 8.05. The van der Waals surface area contributed by atoms with Gasteiger partial charge in [0, 0.05) is 0 Å². The quantitative estimate of drug-likeness (QED) is 0.573. The van der Waals surface area contributed by atoms with Crippen LogP contribution in [-0.2, 0) is 14.3 Å². The molecule has 4 aliphatic carbocycles. The first-order chi connectivity index (χ1) is 13.0. The van der Waals surface area contributed by atoms with Crippen LogP contribution in [0.5, 0.6) is 0 Å². The highest BCUT2D eigenvalue weighted by Crippen LogP contribution is 2.58. The van der Waals surface area contributed by atoms with Crippen LogP contribution < -0.4 is 0 Å². The number of rotatable bonds is 5. The van der Waals surface area contributed by atoms with Gasteiger partial charge in [0.2, 0.25) is 0 Å². The molecule has 0 heterocycles.